The molecule has 5 nitrogen and oxygen atoms in total. The summed E-state index contributed by atoms with van der Waals surface area (Å²) < 4.78 is 45.0. The molecule has 0 aliphatic heterocycles. The average molecular weight is 278 g/mol. The molecule has 1 aromatic rings. The zero-order valence-electron chi connectivity index (χ0n) is 10.4. The van der Waals surface area contributed by atoms with Gasteiger partial charge in [0, 0.05) is 12.1 Å². The van der Waals surface area contributed by atoms with Gasteiger partial charge >= 0.3 is 12.3 Å². The Morgan fingerprint density at radius 2 is 2.11 bits per heavy atom. The molecule has 0 aliphatic carbocycles. The Bertz CT molecular complexity index is 475. The van der Waals surface area contributed by atoms with Gasteiger partial charge < -0.3 is 15.2 Å². The third-order valence-corrected chi connectivity index (χ3v) is 2.33. The van der Waals surface area contributed by atoms with Crippen LogP contribution in [-0.4, -0.2) is 24.4 Å². The summed E-state index contributed by atoms with van der Waals surface area (Å²) in [6, 6.07) is 1.47. The van der Waals surface area contributed by atoms with Gasteiger partial charge in [0.05, 0.1) is 19.2 Å². The van der Waals surface area contributed by atoms with Gasteiger partial charge in [-0.05, 0) is 18.6 Å². The van der Waals surface area contributed by atoms with E-state index in [1.807, 2.05) is 0 Å². The highest BCUT2D eigenvalue weighted by atomic mass is 19.4. The summed E-state index contributed by atoms with van der Waals surface area (Å²) in [6.07, 6.45) is -5.11. The number of aryl methyl sites for hydroxylation is 1. The van der Waals surface area contributed by atoms with Gasteiger partial charge in [-0.2, -0.15) is 0 Å². The number of alkyl halides is 3. The lowest BCUT2D eigenvalue weighted by Crippen LogP contribution is -2.21. The van der Waals surface area contributed by atoms with E-state index in [0.717, 1.165) is 0 Å². The molecule has 0 aromatic carbocycles. The largest absolute Gasteiger partial charge is 0.574 e. The van der Waals surface area contributed by atoms with Crippen molar-refractivity contribution in [3.8, 4) is 5.88 Å². The first kappa shape index (κ1) is 15.2. The van der Waals surface area contributed by atoms with Crippen molar-refractivity contribution in [1.29, 1.82) is 0 Å². The molecule has 0 amide bonds. The molecule has 0 radical (unpaired) electrons. The number of carbonyl (C=O) groups excluding carboxylic acids is 1. The molecule has 0 aliphatic rings. The minimum Gasteiger partial charge on any atom is -0.469 e. The highest BCUT2D eigenvalue weighted by molar-refractivity contribution is 5.72. The summed E-state index contributed by atoms with van der Waals surface area (Å²) in [6.45, 7) is 1.41. The lowest BCUT2D eigenvalue weighted by molar-refractivity contribution is -0.276. The van der Waals surface area contributed by atoms with Crippen molar-refractivity contribution in [2.45, 2.75) is 26.3 Å². The number of nitrogens with two attached hydrogens (primary N) is 1. The van der Waals surface area contributed by atoms with E-state index in [1.54, 1.807) is 6.92 Å². The molecule has 0 unspecified atom stereocenters. The lowest BCUT2D eigenvalue weighted by atomic mass is 10.1. The first-order valence-corrected chi connectivity index (χ1v) is 5.29. The molecule has 1 aromatic heterocycles. The molecule has 0 bridgehead atoms. The van der Waals surface area contributed by atoms with Crippen molar-refractivity contribution in [2.24, 2.45) is 5.73 Å². The van der Waals surface area contributed by atoms with Crippen LogP contribution in [0.1, 0.15) is 16.8 Å². The maximum absolute atomic E-state index is 12.3. The number of ether oxygens (including phenoxy) is 2. The van der Waals surface area contributed by atoms with Crippen molar-refractivity contribution in [2.75, 3.05) is 7.11 Å². The molecule has 106 valence electrons. The molecule has 2 N–H and O–H groups in total. The van der Waals surface area contributed by atoms with Gasteiger partial charge in [0.15, 0.2) is 0 Å². The predicted octanol–water partition coefficient (Wildman–Crippen LogP) is 1.46. The van der Waals surface area contributed by atoms with Crippen molar-refractivity contribution in [3.63, 3.8) is 0 Å². The fourth-order valence-corrected chi connectivity index (χ4v) is 1.49. The summed E-state index contributed by atoms with van der Waals surface area (Å²) >= 11 is 0. The normalized spacial score (nSPS) is 11.3. The third kappa shape index (κ3) is 4.40. The van der Waals surface area contributed by atoms with Crippen LogP contribution in [0, 0.1) is 6.92 Å². The molecule has 0 saturated carbocycles. The van der Waals surface area contributed by atoms with Crippen molar-refractivity contribution in [3.05, 3.63) is 22.9 Å². The number of methoxy groups -OCH3 is 1. The minimum atomic E-state index is -4.87. The SMILES string of the molecule is COC(=O)Cc1cc(C)c(CN)c(OC(F)(F)F)n1. The van der Waals surface area contributed by atoms with E-state index >= 15 is 0 Å². The van der Waals surface area contributed by atoms with Gasteiger partial charge in [-0.3, -0.25) is 4.79 Å². The molecule has 0 spiro atoms. The molecule has 1 rings (SSSR count). The van der Waals surface area contributed by atoms with Crippen LogP contribution in [0.5, 0.6) is 5.88 Å². The molecule has 0 fully saturated rings. The second kappa shape index (κ2) is 5.87. The summed E-state index contributed by atoms with van der Waals surface area (Å²) in [4.78, 5) is 14.7. The fourth-order valence-electron chi connectivity index (χ4n) is 1.49. The van der Waals surface area contributed by atoms with E-state index in [0.29, 0.717) is 5.56 Å². The molecular weight excluding hydrogens is 265 g/mol. The number of esters is 1. The number of rotatable bonds is 4. The quantitative estimate of drug-likeness (QED) is 0.844. The van der Waals surface area contributed by atoms with Gasteiger partial charge in [0.1, 0.15) is 0 Å². The monoisotopic (exact) mass is 278 g/mol. The van der Waals surface area contributed by atoms with Crippen LogP contribution in [-0.2, 0) is 22.5 Å². The Hall–Kier alpha value is -1.83. The van der Waals surface area contributed by atoms with Crippen molar-refractivity contribution in [1.82, 2.24) is 4.98 Å². The summed E-state index contributed by atoms with van der Waals surface area (Å²) in [7, 11) is 1.18. The maximum atomic E-state index is 12.3. The first-order chi connectivity index (χ1) is 8.76. The number of hydrogen-bond donors (Lipinski definition) is 1. The predicted molar refractivity (Wildman–Crippen MR) is 59.3 cm³/mol. The van der Waals surface area contributed by atoms with Crippen LogP contribution in [0.25, 0.3) is 0 Å². The van der Waals surface area contributed by atoms with E-state index in [4.69, 9.17) is 5.73 Å². The topological polar surface area (TPSA) is 74.4 Å². The first-order valence-electron chi connectivity index (χ1n) is 5.29. The summed E-state index contributed by atoms with van der Waals surface area (Å²) in [5.74, 6) is -1.24. The van der Waals surface area contributed by atoms with E-state index < -0.39 is 18.2 Å². The zero-order chi connectivity index (χ0) is 14.6. The molecule has 0 atom stereocenters. The van der Waals surface area contributed by atoms with E-state index in [2.05, 4.69) is 14.5 Å². The average Bonchev–Trinajstić information content (AvgIpc) is 2.26. The molecule has 8 heteroatoms. The van der Waals surface area contributed by atoms with Gasteiger partial charge in [0.25, 0.3) is 0 Å². The van der Waals surface area contributed by atoms with Crippen LogP contribution >= 0.6 is 0 Å². The molecular formula is C11H13F3N2O3. The molecule has 0 saturated heterocycles. The van der Waals surface area contributed by atoms with Gasteiger partial charge in [-0.15, -0.1) is 13.2 Å². The zero-order valence-corrected chi connectivity index (χ0v) is 10.4. The van der Waals surface area contributed by atoms with Crippen LogP contribution < -0.4 is 10.5 Å². The Morgan fingerprint density at radius 1 is 1.47 bits per heavy atom. The number of nitrogens with zero attached hydrogens (tertiary/aromatic N) is 1. The summed E-state index contributed by atoms with van der Waals surface area (Å²) in [5, 5.41) is 0. The highest BCUT2D eigenvalue weighted by Crippen LogP contribution is 2.27. The number of carbonyl (C=O) groups is 1. The van der Waals surface area contributed by atoms with Crippen LogP contribution in [0.2, 0.25) is 0 Å². The van der Waals surface area contributed by atoms with Crippen LogP contribution in [0.3, 0.4) is 0 Å². The van der Waals surface area contributed by atoms with Gasteiger partial charge in [0.2, 0.25) is 5.88 Å². The van der Waals surface area contributed by atoms with Crippen molar-refractivity contribution >= 4 is 5.97 Å². The minimum absolute atomic E-state index is 0.126. The maximum Gasteiger partial charge on any atom is 0.574 e. The second-order valence-corrected chi connectivity index (χ2v) is 3.72. The molecule has 1 heterocycles. The van der Waals surface area contributed by atoms with E-state index in [-0.39, 0.29) is 24.2 Å². The van der Waals surface area contributed by atoms with Crippen molar-refractivity contribution < 1.29 is 27.4 Å². The van der Waals surface area contributed by atoms with E-state index in [1.165, 1.54) is 13.2 Å². The van der Waals surface area contributed by atoms with Gasteiger partial charge in [-0.1, -0.05) is 0 Å². The Labute approximate surface area is 107 Å². The van der Waals surface area contributed by atoms with Crippen LogP contribution in [0.4, 0.5) is 13.2 Å². The van der Waals surface area contributed by atoms with E-state index in [9.17, 15) is 18.0 Å². The number of hydrogen-bond acceptors (Lipinski definition) is 5. The standard InChI is InChI=1S/C11H13F3N2O3/c1-6-3-7(4-9(17)18-2)16-10(8(6)5-15)19-11(12,13)14/h3H,4-5,15H2,1-2H3. The Kier molecular flexibility index (Phi) is 4.71. The Balaban J connectivity index is 3.14. The van der Waals surface area contributed by atoms with Crippen LogP contribution in [0.15, 0.2) is 6.07 Å². The second-order valence-electron chi connectivity index (χ2n) is 3.72. The Morgan fingerprint density at radius 3 is 2.58 bits per heavy atom. The third-order valence-electron chi connectivity index (χ3n) is 2.33. The number of aromatic nitrogens is 1. The van der Waals surface area contributed by atoms with Gasteiger partial charge in [-0.25, -0.2) is 4.98 Å². The number of pyridine rings is 1. The smallest absolute Gasteiger partial charge is 0.469 e. The lowest BCUT2D eigenvalue weighted by Gasteiger charge is -2.14. The molecule has 19 heavy (non-hydrogen) atoms. The number of halogens is 3. The summed E-state index contributed by atoms with van der Waals surface area (Å²) in [5.41, 5.74) is 6.11. The highest BCUT2D eigenvalue weighted by Gasteiger charge is 2.33. The fraction of sp³-hybridized carbons (Fsp3) is 0.455.